The van der Waals surface area contributed by atoms with Gasteiger partial charge in [0.15, 0.2) is 0 Å². The van der Waals surface area contributed by atoms with E-state index in [1.165, 1.54) is 0 Å². The Labute approximate surface area is 78.2 Å². The molecule has 0 rings (SSSR count). The van der Waals surface area contributed by atoms with Crippen molar-refractivity contribution in [3.05, 3.63) is 35.4 Å². The number of hydrogen-bond acceptors (Lipinski definition) is 3. The Morgan fingerprint density at radius 1 is 1.45 bits per heavy atom. The number of allylic oxidation sites excluding steroid dienone is 4. The van der Waals surface area contributed by atoms with Crippen LogP contribution in [-0.2, 0) is 0 Å². The molecule has 0 unspecified atom stereocenters. The maximum absolute atomic E-state index is 3.98. The SMILES string of the molecule is C/C=C(/C=C\S)\C=C/NSC. The second kappa shape index (κ2) is 7.82. The quantitative estimate of drug-likeness (QED) is 0.399. The molecule has 1 N–H and O–H groups in total. The van der Waals surface area contributed by atoms with E-state index in [0.717, 1.165) is 5.57 Å². The highest BCUT2D eigenvalue weighted by molar-refractivity contribution is 7.96. The molecule has 62 valence electrons. The van der Waals surface area contributed by atoms with Crippen LogP contribution < -0.4 is 4.72 Å². The van der Waals surface area contributed by atoms with Gasteiger partial charge < -0.3 is 4.72 Å². The van der Waals surface area contributed by atoms with Crippen molar-refractivity contribution in [2.24, 2.45) is 0 Å². The minimum Gasteiger partial charge on any atom is -0.337 e. The van der Waals surface area contributed by atoms with Gasteiger partial charge in [0, 0.05) is 12.5 Å². The van der Waals surface area contributed by atoms with Crippen molar-refractivity contribution in [2.75, 3.05) is 6.26 Å². The van der Waals surface area contributed by atoms with E-state index >= 15 is 0 Å². The zero-order chi connectivity index (χ0) is 8.53. The minimum absolute atomic E-state index is 1.14. The molecule has 0 aliphatic heterocycles. The highest BCUT2D eigenvalue weighted by Crippen LogP contribution is 1.99. The topological polar surface area (TPSA) is 12.0 Å². The normalized spacial score (nSPS) is 13.2. The van der Waals surface area contributed by atoms with Gasteiger partial charge in [-0.1, -0.05) is 18.0 Å². The Morgan fingerprint density at radius 3 is 2.64 bits per heavy atom. The molecule has 0 heterocycles. The third-order valence-corrected chi connectivity index (χ3v) is 1.58. The summed E-state index contributed by atoms with van der Waals surface area (Å²) in [5, 5.41) is 1.72. The van der Waals surface area contributed by atoms with Crippen LogP contribution in [0.2, 0.25) is 0 Å². The monoisotopic (exact) mass is 187 g/mol. The van der Waals surface area contributed by atoms with Crippen LogP contribution in [0.25, 0.3) is 0 Å². The molecule has 0 fully saturated rings. The lowest BCUT2D eigenvalue weighted by molar-refractivity contribution is 1.40. The Bertz CT molecular complexity index is 171. The first kappa shape index (κ1) is 10.7. The van der Waals surface area contributed by atoms with Crippen LogP contribution >= 0.6 is 24.6 Å². The Hall–Kier alpha value is -0.280. The molecule has 0 aromatic rings. The maximum atomic E-state index is 3.98. The van der Waals surface area contributed by atoms with Crippen LogP contribution in [-0.4, -0.2) is 6.26 Å². The van der Waals surface area contributed by atoms with Crippen molar-refractivity contribution in [1.29, 1.82) is 0 Å². The van der Waals surface area contributed by atoms with Gasteiger partial charge in [0.25, 0.3) is 0 Å². The first-order valence-corrected chi connectivity index (χ1v) is 5.01. The number of nitrogens with one attached hydrogen (secondary N) is 1. The summed E-state index contributed by atoms with van der Waals surface area (Å²) in [6.45, 7) is 1.99. The molecule has 0 spiro atoms. The summed E-state index contributed by atoms with van der Waals surface area (Å²) in [6, 6.07) is 0. The summed E-state index contributed by atoms with van der Waals surface area (Å²) in [5.41, 5.74) is 1.14. The average Bonchev–Trinajstić information content (AvgIpc) is 2.03. The molecule has 0 aliphatic carbocycles. The predicted octanol–water partition coefficient (Wildman–Crippen LogP) is 2.76. The lowest BCUT2D eigenvalue weighted by Gasteiger charge is -1.92. The zero-order valence-corrected chi connectivity index (χ0v) is 8.45. The Kier molecular flexibility index (Phi) is 7.62. The predicted molar refractivity (Wildman–Crippen MR) is 57.7 cm³/mol. The van der Waals surface area contributed by atoms with E-state index in [1.54, 1.807) is 17.4 Å². The van der Waals surface area contributed by atoms with Crippen molar-refractivity contribution in [1.82, 2.24) is 4.72 Å². The van der Waals surface area contributed by atoms with Crippen LogP contribution in [0.5, 0.6) is 0 Å². The molecule has 0 aromatic carbocycles. The lowest BCUT2D eigenvalue weighted by Crippen LogP contribution is -1.87. The summed E-state index contributed by atoms with van der Waals surface area (Å²) >= 11 is 5.54. The van der Waals surface area contributed by atoms with Gasteiger partial charge in [-0.05, 0) is 30.1 Å². The minimum atomic E-state index is 1.14. The fourth-order valence-corrected chi connectivity index (χ4v) is 0.909. The van der Waals surface area contributed by atoms with Crippen molar-refractivity contribution < 1.29 is 0 Å². The largest absolute Gasteiger partial charge is 0.337 e. The van der Waals surface area contributed by atoms with Crippen molar-refractivity contribution in [3.63, 3.8) is 0 Å². The first-order chi connectivity index (χ1) is 5.35. The fourth-order valence-electron chi connectivity index (χ4n) is 0.532. The molecule has 0 saturated heterocycles. The van der Waals surface area contributed by atoms with Crippen LogP contribution in [0, 0.1) is 0 Å². The van der Waals surface area contributed by atoms with E-state index in [2.05, 4.69) is 17.4 Å². The molecule has 1 nitrogen and oxygen atoms in total. The molecule has 0 amide bonds. The Balaban J connectivity index is 3.88. The molecule has 0 radical (unpaired) electrons. The van der Waals surface area contributed by atoms with Gasteiger partial charge >= 0.3 is 0 Å². The van der Waals surface area contributed by atoms with E-state index in [0.29, 0.717) is 0 Å². The number of thiol groups is 1. The smallest absolute Gasteiger partial charge is 0.00780 e. The fraction of sp³-hybridized carbons (Fsp3) is 0.250. The summed E-state index contributed by atoms with van der Waals surface area (Å²) in [6.07, 6.45) is 9.82. The third kappa shape index (κ3) is 6.13. The lowest BCUT2D eigenvalue weighted by atomic mass is 10.2. The van der Waals surface area contributed by atoms with Gasteiger partial charge in [-0.15, -0.1) is 0 Å². The van der Waals surface area contributed by atoms with Gasteiger partial charge in [0.05, 0.1) is 0 Å². The van der Waals surface area contributed by atoms with Gasteiger partial charge in [-0.2, -0.15) is 12.6 Å². The summed E-state index contributed by atoms with van der Waals surface area (Å²) < 4.78 is 3.01. The molecule has 0 atom stereocenters. The van der Waals surface area contributed by atoms with Crippen molar-refractivity contribution in [3.8, 4) is 0 Å². The summed E-state index contributed by atoms with van der Waals surface area (Å²) in [7, 11) is 0. The third-order valence-electron chi connectivity index (χ3n) is 1.06. The molecule has 0 bridgehead atoms. The first-order valence-electron chi connectivity index (χ1n) is 3.27. The Morgan fingerprint density at radius 2 is 2.18 bits per heavy atom. The second-order valence-corrected chi connectivity index (χ2v) is 2.70. The van der Waals surface area contributed by atoms with E-state index < -0.39 is 0 Å². The maximum Gasteiger partial charge on any atom is 0.00780 e. The van der Waals surface area contributed by atoms with E-state index in [1.807, 2.05) is 37.6 Å². The number of hydrogen-bond donors (Lipinski definition) is 2. The van der Waals surface area contributed by atoms with E-state index in [4.69, 9.17) is 0 Å². The molecular weight excluding hydrogens is 174 g/mol. The summed E-state index contributed by atoms with van der Waals surface area (Å²) in [4.78, 5) is 0. The van der Waals surface area contributed by atoms with Crippen LogP contribution in [0.15, 0.2) is 35.4 Å². The van der Waals surface area contributed by atoms with E-state index in [-0.39, 0.29) is 0 Å². The highest BCUT2D eigenvalue weighted by atomic mass is 32.2. The van der Waals surface area contributed by atoms with Gasteiger partial charge in [-0.25, -0.2) is 0 Å². The van der Waals surface area contributed by atoms with Crippen molar-refractivity contribution in [2.45, 2.75) is 6.92 Å². The van der Waals surface area contributed by atoms with Gasteiger partial charge in [0.1, 0.15) is 0 Å². The van der Waals surface area contributed by atoms with Crippen LogP contribution in [0.4, 0.5) is 0 Å². The molecule has 3 heteroatoms. The molecule has 0 aromatic heterocycles. The van der Waals surface area contributed by atoms with E-state index in [9.17, 15) is 0 Å². The van der Waals surface area contributed by atoms with Crippen LogP contribution in [0.3, 0.4) is 0 Å². The van der Waals surface area contributed by atoms with Gasteiger partial charge in [0.2, 0.25) is 0 Å². The highest BCUT2D eigenvalue weighted by Gasteiger charge is 1.79. The molecule has 0 aliphatic rings. The second-order valence-electron chi connectivity index (χ2n) is 1.76. The summed E-state index contributed by atoms with van der Waals surface area (Å²) in [5.74, 6) is 0. The van der Waals surface area contributed by atoms with Crippen molar-refractivity contribution >= 4 is 24.6 Å². The zero-order valence-electron chi connectivity index (χ0n) is 6.74. The molecular formula is C8H13NS2. The average molecular weight is 187 g/mol. The molecule has 0 saturated carbocycles. The van der Waals surface area contributed by atoms with Gasteiger partial charge in [-0.3, -0.25) is 0 Å². The number of rotatable bonds is 4. The van der Waals surface area contributed by atoms with Crippen LogP contribution in [0.1, 0.15) is 6.92 Å². The standard InChI is InChI=1S/C8H13NS2/c1-3-8(5-7-10)4-6-9-11-2/h3-7,9-10H,1-2H3/b6-4-,7-5-,8-3+. The molecule has 11 heavy (non-hydrogen) atoms.